The molecule has 0 aliphatic carbocycles. The fraction of sp³-hybridized carbons (Fsp3) is 0.158. The van der Waals surface area contributed by atoms with Crippen molar-refractivity contribution < 1.29 is 13.2 Å². The maximum atomic E-state index is 12.7. The molecule has 0 radical (unpaired) electrons. The van der Waals surface area contributed by atoms with Crippen molar-refractivity contribution in [3.63, 3.8) is 0 Å². The molecule has 1 aliphatic rings. The van der Waals surface area contributed by atoms with E-state index in [0.29, 0.717) is 17.3 Å². The molecule has 0 saturated carbocycles. The number of ether oxygens (including phenoxy) is 1. The van der Waals surface area contributed by atoms with Gasteiger partial charge in [-0.3, -0.25) is 4.72 Å². The zero-order valence-corrected chi connectivity index (χ0v) is 15.8. The van der Waals surface area contributed by atoms with Crippen LogP contribution in [-0.4, -0.2) is 25.0 Å². The van der Waals surface area contributed by atoms with E-state index in [1.54, 1.807) is 18.2 Å². The molecule has 6 nitrogen and oxygen atoms in total. The van der Waals surface area contributed by atoms with E-state index in [1.807, 2.05) is 24.3 Å². The highest BCUT2D eigenvalue weighted by atomic mass is 35.5. The van der Waals surface area contributed by atoms with E-state index >= 15 is 0 Å². The summed E-state index contributed by atoms with van der Waals surface area (Å²) in [5, 5.41) is 0.324. The summed E-state index contributed by atoms with van der Waals surface area (Å²) in [6, 6.07) is 15.6. The van der Waals surface area contributed by atoms with E-state index in [2.05, 4.69) is 14.7 Å². The van der Waals surface area contributed by atoms with E-state index in [-0.39, 0.29) is 16.7 Å². The lowest BCUT2D eigenvalue weighted by Gasteiger charge is -2.14. The van der Waals surface area contributed by atoms with E-state index in [9.17, 15) is 8.42 Å². The molecule has 3 aromatic rings. The second-order valence-electron chi connectivity index (χ2n) is 6.06. The number of benzene rings is 1. The van der Waals surface area contributed by atoms with Gasteiger partial charge in [-0.2, -0.15) is 13.4 Å². The van der Waals surface area contributed by atoms with Gasteiger partial charge in [0.15, 0.2) is 5.03 Å². The Morgan fingerprint density at radius 3 is 2.74 bits per heavy atom. The molecule has 1 N–H and O–H groups in total. The number of hydrogen-bond acceptors (Lipinski definition) is 5. The van der Waals surface area contributed by atoms with Crippen LogP contribution in [0.3, 0.4) is 0 Å². The molecule has 1 aliphatic heterocycles. The summed E-state index contributed by atoms with van der Waals surface area (Å²) < 4.78 is 33.4. The largest absolute Gasteiger partial charge is 0.478 e. The quantitative estimate of drug-likeness (QED) is 0.617. The van der Waals surface area contributed by atoms with Crippen molar-refractivity contribution in [3.05, 3.63) is 65.2 Å². The van der Waals surface area contributed by atoms with Gasteiger partial charge >= 0.3 is 0 Å². The van der Waals surface area contributed by atoms with Gasteiger partial charge in [-0.1, -0.05) is 41.9 Å². The highest BCUT2D eigenvalue weighted by molar-refractivity contribution is 7.92. The van der Waals surface area contributed by atoms with E-state index in [0.717, 1.165) is 24.0 Å². The first-order valence-electron chi connectivity index (χ1n) is 8.40. The molecule has 0 saturated heterocycles. The average Bonchev–Trinajstić information content (AvgIpc) is 2.67. The minimum atomic E-state index is -3.90. The molecule has 3 heterocycles. The molecule has 27 heavy (non-hydrogen) atoms. The van der Waals surface area contributed by atoms with Gasteiger partial charge < -0.3 is 4.74 Å². The van der Waals surface area contributed by atoms with Gasteiger partial charge in [-0.05, 0) is 36.6 Å². The van der Waals surface area contributed by atoms with Gasteiger partial charge in [0.1, 0.15) is 5.82 Å². The predicted molar refractivity (Wildman–Crippen MR) is 104 cm³/mol. The number of aromatic nitrogens is 2. The van der Waals surface area contributed by atoms with Crippen molar-refractivity contribution in [2.45, 2.75) is 17.9 Å². The normalized spacial score (nSPS) is 15.6. The third-order valence-corrected chi connectivity index (χ3v) is 5.73. The van der Waals surface area contributed by atoms with Crippen molar-refractivity contribution in [3.8, 4) is 17.1 Å². The SMILES string of the molecule is O=S1(=O)Nc2ccc(Cl)c(n2)-c2ccccc2CCCOc2cccc1n2. The molecule has 0 atom stereocenters. The maximum Gasteiger partial charge on any atom is 0.280 e. The second kappa shape index (κ2) is 7.17. The van der Waals surface area contributed by atoms with Crippen molar-refractivity contribution in [2.24, 2.45) is 0 Å². The zero-order chi connectivity index (χ0) is 18.9. The van der Waals surface area contributed by atoms with Crippen LogP contribution in [0.25, 0.3) is 11.3 Å². The molecular formula is C19H16ClN3O3S. The third kappa shape index (κ3) is 3.74. The number of rotatable bonds is 0. The number of pyridine rings is 2. The molecule has 0 unspecified atom stereocenters. The summed E-state index contributed by atoms with van der Waals surface area (Å²) in [5.41, 5.74) is 2.47. The molecule has 0 amide bonds. The fourth-order valence-electron chi connectivity index (χ4n) is 2.91. The van der Waals surface area contributed by atoms with Gasteiger partial charge in [-0.25, -0.2) is 4.98 Å². The van der Waals surface area contributed by atoms with Crippen molar-refractivity contribution in [1.82, 2.24) is 9.97 Å². The fourth-order valence-corrected chi connectivity index (χ4v) is 4.08. The summed E-state index contributed by atoms with van der Waals surface area (Å²) in [4.78, 5) is 8.54. The Labute approximate surface area is 162 Å². The van der Waals surface area contributed by atoms with Crippen LogP contribution in [0.1, 0.15) is 12.0 Å². The van der Waals surface area contributed by atoms with Gasteiger partial charge in [0, 0.05) is 11.6 Å². The van der Waals surface area contributed by atoms with E-state index < -0.39 is 10.0 Å². The van der Waals surface area contributed by atoms with Gasteiger partial charge in [0.25, 0.3) is 10.0 Å². The molecule has 2 aromatic heterocycles. The van der Waals surface area contributed by atoms with Gasteiger partial charge in [0.05, 0.1) is 17.3 Å². The molecule has 8 heteroatoms. The molecule has 0 fully saturated rings. The number of aryl methyl sites for hydroxylation is 1. The lowest BCUT2D eigenvalue weighted by Crippen LogP contribution is -2.16. The first-order chi connectivity index (χ1) is 13.0. The van der Waals surface area contributed by atoms with Crippen LogP contribution in [0.5, 0.6) is 5.88 Å². The van der Waals surface area contributed by atoms with Crippen LogP contribution in [0.4, 0.5) is 5.82 Å². The molecular weight excluding hydrogens is 386 g/mol. The number of sulfonamides is 1. The second-order valence-corrected chi connectivity index (χ2v) is 8.09. The summed E-state index contributed by atoms with van der Waals surface area (Å²) in [7, 11) is -3.90. The first kappa shape index (κ1) is 17.8. The van der Waals surface area contributed by atoms with Crippen LogP contribution in [0, 0.1) is 0 Å². The Balaban J connectivity index is 1.86. The summed E-state index contributed by atoms with van der Waals surface area (Å²) in [5.74, 6) is 0.447. The third-order valence-electron chi connectivity index (χ3n) is 4.17. The number of nitrogens with zero attached hydrogens (tertiary/aromatic N) is 2. The number of nitrogens with one attached hydrogen (secondary N) is 1. The minimum Gasteiger partial charge on any atom is -0.478 e. The molecule has 4 rings (SSSR count). The number of halogens is 1. The lowest BCUT2D eigenvalue weighted by molar-refractivity contribution is 0.297. The topological polar surface area (TPSA) is 81.2 Å². The molecule has 138 valence electrons. The summed E-state index contributed by atoms with van der Waals surface area (Å²) in [6.07, 6.45) is 1.51. The Morgan fingerprint density at radius 1 is 1.00 bits per heavy atom. The van der Waals surface area contributed by atoms with Crippen LogP contribution >= 0.6 is 11.6 Å². The highest BCUT2D eigenvalue weighted by Gasteiger charge is 2.19. The smallest absolute Gasteiger partial charge is 0.280 e. The van der Waals surface area contributed by atoms with Crippen molar-refractivity contribution in [1.29, 1.82) is 0 Å². The number of anilines is 1. The Kier molecular flexibility index (Phi) is 4.72. The number of fused-ring (bicyclic) bond motifs is 6. The summed E-state index contributed by atoms with van der Waals surface area (Å²) >= 11 is 6.36. The van der Waals surface area contributed by atoms with Gasteiger partial charge in [0.2, 0.25) is 5.88 Å². The minimum absolute atomic E-state index is 0.129. The Hall–Kier alpha value is -2.64. The Morgan fingerprint density at radius 2 is 1.85 bits per heavy atom. The van der Waals surface area contributed by atoms with Crippen LogP contribution in [-0.2, 0) is 16.4 Å². The van der Waals surface area contributed by atoms with Crippen LogP contribution in [0.15, 0.2) is 59.6 Å². The predicted octanol–water partition coefficient (Wildman–Crippen LogP) is 3.92. The monoisotopic (exact) mass is 401 g/mol. The van der Waals surface area contributed by atoms with E-state index in [1.165, 1.54) is 12.1 Å². The van der Waals surface area contributed by atoms with Crippen LogP contribution < -0.4 is 9.46 Å². The number of hydrogen-bond donors (Lipinski definition) is 1. The van der Waals surface area contributed by atoms with Crippen molar-refractivity contribution in [2.75, 3.05) is 11.3 Å². The van der Waals surface area contributed by atoms with Crippen LogP contribution in [0.2, 0.25) is 5.02 Å². The van der Waals surface area contributed by atoms with Crippen molar-refractivity contribution >= 4 is 27.4 Å². The zero-order valence-electron chi connectivity index (χ0n) is 14.2. The van der Waals surface area contributed by atoms with Gasteiger partial charge in [-0.15, -0.1) is 0 Å². The lowest BCUT2D eigenvalue weighted by atomic mass is 10.00. The average molecular weight is 402 g/mol. The maximum absolute atomic E-state index is 12.7. The summed E-state index contributed by atoms with van der Waals surface area (Å²) in [6.45, 7) is 0.416. The molecule has 4 bridgehead atoms. The first-order valence-corrected chi connectivity index (χ1v) is 10.3. The standard InChI is InChI=1S/C19H16ClN3O3S/c20-15-10-11-16-21-19(15)14-7-2-1-5-13(14)6-4-12-26-17-8-3-9-18(22-17)27(24,25)23-16/h1-3,5,7-11H,4,6,12H2,(H,21,23). The molecule has 0 spiro atoms. The Bertz CT molecular complexity index is 1100. The highest BCUT2D eigenvalue weighted by Crippen LogP contribution is 2.31. The van der Waals surface area contributed by atoms with E-state index in [4.69, 9.17) is 16.3 Å². The molecule has 1 aromatic carbocycles.